The number of nitrogens with one attached hydrogen (secondary N) is 2. The molecule has 0 bridgehead atoms. The van der Waals surface area contributed by atoms with Crippen LogP contribution in [0.4, 0.5) is 22.1 Å². The Morgan fingerprint density at radius 1 is 1.21 bits per heavy atom. The first-order valence-corrected chi connectivity index (χ1v) is 11.5. The second-order valence-electron chi connectivity index (χ2n) is 8.88. The van der Waals surface area contributed by atoms with Gasteiger partial charge in [0.15, 0.2) is 0 Å². The van der Waals surface area contributed by atoms with Gasteiger partial charge in [0.05, 0.1) is 23.0 Å². The first-order valence-electron chi connectivity index (χ1n) is 11.5. The van der Waals surface area contributed by atoms with Crippen LogP contribution in [0.1, 0.15) is 57.2 Å². The number of aromatic nitrogens is 1. The molecule has 1 aromatic heterocycles. The number of carboxylic acid groups (broad SMARTS) is 1. The summed E-state index contributed by atoms with van der Waals surface area (Å²) in [5, 5.41) is 19.0. The molecule has 0 saturated carbocycles. The average Bonchev–Trinajstić information content (AvgIpc) is 3.17. The highest BCUT2D eigenvalue weighted by Gasteiger charge is 2.27. The van der Waals surface area contributed by atoms with Crippen molar-refractivity contribution in [2.75, 3.05) is 35.3 Å². The zero-order valence-electron chi connectivity index (χ0n) is 19.8. The fraction of sp³-hybridized carbons (Fsp3) is 0.542. The smallest absolute Gasteiger partial charge is 0.326 e. The summed E-state index contributed by atoms with van der Waals surface area (Å²) < 4.78 is 10.6. The van der Waals surface area contributed by atoms with Gasteiger partial charge in [0, 0.05) is 31.9 Å². The zero-order valence-corrected chi connectivity index (χ0v) is 19.8. The number of carbonyl (C=O) groups excluding carboxylic acids is 1. The van der Waals surface area contributed by atoms with Crippen molar-refractivity contribution in [3.63, 3.8) is 0 Å². The summed E-state index contributed by atoms with van der Waals surface area (Å²) in [4.78, 5) is 26.9. The van der Waals surface area contributed by atoms with Crippen molar-refractivity contribution in [3.8, 4) is 0 Å². The summed E-state index contributed by atoms with van der Waals surface area (Å²) in [6, 6.07) is 6.97. The number of urea groups is 1. The summed E-state index contributed by atoms with van der Waals surface area (Å²) in [7, 11) is 0. The molecule has 9 heteroatoms. The minimum absolute atomic E-state index is 0.239. The third-order valence-electron chi connectivity index (χ3n) is 5.75. The molecule has 1 aromatic carbocycles. The molecule has 3 N–H and O–H groups in total. The summed E-state index contributed by atoms with van der Waals surface area (Å²) >= 11 is 0. The van der Waals surface area contributed by atoms with E-state index in [1.54, 1.807) is 19.1 Å². The van der Waals surface area contributed by atoms with Gasteiger partial charge in [-0.1, -0.05) is 32.0 Å². The third kappa shape index (κ3) is 6.47. The van der Waals surface area contributed by atoms with E-state index < -0.39 is 17.9 Å². The first kappa shape index (κ1) is 24.6. The van der Waals surface area contributed by atoms with Crippen molar-refractivity contribution in [2.24, 2.45) is 5.92 Å². The van der Waals surface area contributed by atoms with Gasteiger partial charge in [-0.25, -0.2) is 4.79 Å². The molecule has 33 heavy (non-hydrogen) atoms. The Balaban J connectivity index is 1.97. The number of aliphatic carboxylic acids is 1. The van der Waals surface area contributed by atoms with Crippen molar-refractivity contribution >= 4 is 29.3 Å². The Labute approximate surface area is 194 Å². The van der Waals surface area contributed by atoms with Crippen molar-refractivity contribution in [1.82, 2.24) is 5.16 Å². The molecular weight excluding hydrogens is 424 g/mol. The van der Waals surface area contributed by atoms with Crippen LogP contribution in [0.15, 0.2) is 28.8 Å². The van der Waals surface area contributed by atoms with Crippen LogP contribution in [0.25, 0.3) is 0 Å². The molecule has 1 atom stereocenters. The van der Waals surface area contributed by atoms with Gasteiger partial charge in [-0.2, -0.15) is 0 Å². The molecule has 1 unspecified atom stereocenters. The quantitative estimate of drug-likeness (QED) is 0.492. The van der Waals surface area contributed by atoms with E-state index in [0.29, 0.717) is 42.5 Å². The number of hydrogen-bond donors (Lipinski definition) is 3. The molecule has 1 fully saturated rings. The van der Waals surface area contributed by atoms with Gasteiger partial charge in [0.25, 0.3) is 0 Å². The highest BCUT2D eigenvalue weighted by atomic mass is 16.5. The number of carbonyl (C=O) groups is 2. The van der Waals surface area contributed by atoms with Crippen molar-refractivity contribution in [3.05, 3.63) is 35.5 Å². The molecule has 9 nitrogen and oxygen atoms in total. The van der Waals surface area contributed by atoms with Gasteiger partial charge in [0.2, 0.25) is 5.88 Å². The van der Waals surface area contributed by atoms with E-state index in [1.807, 2.05) is 19.1 Å². The van der Waals surface area contributed by atoms with Crippen LogP contribution in [0.5, 0.6) is 0 Å². The van der Waals surface area contributed by atoms with E-state index in [-0.39, 0.29) is 11.9 Å². The second kappa shape index (κ2) is 11.2. The number of hydrogen-bond acceptors (Lipinski definition) is 6. The zero-order chi connectivity index (χ0) is 24.0. The summed E-state index contributed by atoms with van der Waals surface area (Å²) in [6.45, 7) is 10.1. The standard InChI is InChI=1S/C24H34N4O5/c1-5-19(23(29)30)17-6-7-21(28(14-15(2)3)18-8-10-32-11-9-18)20(13-17)25-24(31)26-22-12-16(4)27-33-22/h6-7,12-13,15,18-19H,5,8-11,14H2,1-4H3,(H,29,30)(H2,25,26,31). The fourth-order valence-electron chi connectivity index (χ4n) is 4.20. The number of anilines is 3. The van der Waals surface area contributed by atoms with E-state index >= 15 is 0 Å². The van der Waals surface area contributed by atoms with Gasteiger partial charge >= 0.3 is 12.0 Å². The SMILES string of the molecule is CCC(C(=O)O)c1ccc(N(CC(C)C)C2CCOCC2)c(NC(=O)Nc2cc(C)no2)c1. The number of carboxylic acids is 1. The van der Waals surface area contributed by atoms with E-state index in [2.05, 4.69) is 34.5 Å². The van der Waals surface area contributed by atoms with Crippen molar-refractivity contribution < 1.29 is 24.0 Å². The Bertz CT molecular complexity index is 952. The number of rotatable bonds is 9. The number of amides is 2. The van der Waals surface area contributed by atoms with E-state index in [4.69, 9.17) is 9.26 Å². The maximum atomic E-state index is 12.8. The molecule has 0 radical (unpaired) electrons. The summed E-state index contributed by atoms with van der Waals surface area (Å²) in [6.07, 6.45) is 2.24. The minimum Gasteiger partial charge on any atom is -0.481 e. The molecule has 2 aromatic rings. The van der Waals surface area contributed by atoms with Gasteiger partial charge in [-0.3, -0.25) is 10.1 Å². The van der Waals surface area contributed by atoms with Gasteiger partial charge in [-0.05, 0) is 49.8 Å². The van der Waals surface area contributed by atoms with Crippen LogP contribution in [0, 0.1) is 12.8 Å². The Kier molecular flexibility index (Phi) is 8.32. The lowest BCUT2D eigenvalue weighted by atomic mass is 9.95. The first-order chi connectivity index (χ1) is 15.8. The molecule has 3 rings (SSSR count). The Morgan fingerprint density at radius 2 is 1.94 bits per heavy atom. The molecule has 0 spiro atoms. The highest BCUT2D eigenvalue weighted by molar-refractivity contribution is 6.01. The average molecular weight is 459 g/mol. The van der Waals surface area contributed by atoms with E-state index in [9.17, 15) is 14.7 Å². The highest BCUT2D eigenvalue weighted by Crippen LogP contribution is 2.35. The molecule has 1 aliphatic heterocycles. The fourth-order valence-corrected chi connectivity index (χ4v) is 4.20. The molecule has 1 saturated heterocycles. The van der Waals surface area contributed by atoms with E-state index in [0.717, 1.165) is 25.1 Å². The molecular formula is C24H34N4O5. The number of aryl methyl sites for hydroxylation is 1. The normalized spacial score (nSPS) is 15.3. The molecule has 0 aliphatic carbocycles. The third-order valence-corrected chi connectivity index (χ3v) is 5.75. The Hall–Kier alpha value is -3.07. The lowest BCUT2D eigenvalue weighted by Gasteiger charge is -2.38. The minimum atomic E-state index is -0.888. The van der Waals surface area contributed by atoms with Crippen LogP contribution in [-0.2, 0) is 9.53 Å². The number of benzene rings is 1. The van der Waals surface area contributed by atoms with E-state index in [1.165, 1.54) is 0 Å². The summed E-state index contributed by atoms with van der Waals surface area (Å²) in [5.41, 5.74) is 2.73. The predicted octanol–water partition coefficient (Wildman–Crippen LogP) is 4.85. The van der Waals surface area contributed by atoms with Crippen LogP contribution in [0.3, 0.4) is 0 Å². The molecule has 180 valence electrons. The predicted molar refractivity (Wildman–Crippen MR) is 127 cm³/mol. The van der Waals surface area contributed by atoms with Crippen molar-refractivity contribution in [2.45, 2.75) is 58.9 Å². The monoisotopic (exact) mass is 458 g/mol. The Morgan fingerprint density at radius 3 is 2.52 bits per heavy atom. The lowest BCUT2D eigenvalue weighted by molar-refractivity contribution is -0.138. The van der Waals surface area contributed by atoms with Crippen LogP contribution in [-0.4, -0.2) is 48.1 Å². The van der Waals surface area contributed by atoms with Crippen molar-refractivity contribution in [1.29, 1.82) is 0 Å². The second-order valence-corrected chi connectivity index (χ2v) is 8.88. The van der Waals surface area contributed by atoms with Gasteiger partial charge in [-0.15, -0.1) is 0 Å². The maximum absolute atomic E-state index is 12.8. The number of ether oxygens (including phenoxy) is 1. The topological polar surface area (TPSA) is 117 Å². The maximum Gasteiger partial charge on any atom is 0.326 e. The van der Waals surface area contributed by atoms with Crippen LogP contribution >= 0.6 is 0 Å². The van der Waals surface area contributed by atoms with Crippen LogP contribution < -0.4 is 15.5 Å². The lowest BCUT2D eigenvalue weighted by Crippen LogP contribution is -2.42. The summed E-state index contributed by atoms with van der Waals surface area (Å²) in [5.74, 6) is -0.903. The molecule has 1 aliphatic rings. The van der Waals surface area contributed by atoms with Crippen LogP contribution in [0.2, 0.25) is 0 Å². The molecule has 2 amide bonds. The van der Waals surface area contributed by atoms with Gasteiger partial charge in [0.1, 0.15) is 0 Å². The largest absolute Gasteiger partial charge is 0.481 e. The van der Waals surface area contributed by atoms with Gasteiger partial charge < -0.3 is 24.6 Å². The number of nitrogens with zero attached hydrogens (tertiary/aromatic N) is 2. The molecule has 2 heterocycles.